The Morgan fingerprint density at radius 2 is 1.94 bits per heavy atom. The summed E-state index contributed by atoms with van der Waals surface area (Å²) in [5.74, 6) is -1.03. The number of aromatic hydroxyl groups is 1. The van der Waals surface area contributed by atoms with E-state index in [9.17, 15) is 24.3 Å². The molecule has 0 amide bonds. The zero-order valence-electron chi connectivity index (χ0n) is 17.9. The predicted molar refractivity (Wildman–Crippen MR) is 122 cm³/mol. The predicted octanol–water partition coefficient (Wildman–Crippen LogP) is 1.85. The Balaban J connectivity index is 1.77. The number of fused-ring (bicyclic) bond motifs is 3. The molecule has 0 fully saturated rings. The van der Waals surface area contributed by atoms with Crippen LogP contribution in [-0.4, -0.2) is 37.2 Å². The average molecular weight is 514 g/mol. The van der Waals surface area contributed by atoms with Gasteiger partial charge < -0.3 is 9.84 Å². The molecule has 0 saturated heterocycles. The fraction of sp³-hybridized carbons (Fsp3) is 0.304. The van der Waals surface area contributed by atoms with E-state index in [4.69, 9.17) is 4.74 Å². The Bertz CT molecular complexity index is 1450. The number of halogens is 1. The lowest BCUT2D eigenvalue weighted by Crippen LogP contribution is -2.40. The molecule has 170 valence electrons. The van der Waals surface area contributed by atoms with Crippen molar-refractivity contribution in [3.8, 4) is 11.5 Å². The molecule has 9 nitrogen and oxygen atoms in total. The number of ketones is 2. The van der Waals surface area contributed by atoms with Crippen molar-refractivity contribution in [1.29, 1.82) is 0 Å². The van der Waals surface area contributed by atoms with Crippen LogP contribution in [0, 0.1) is 0 Å². The maximum atomic E-state index is 13.1. The fourth-order valence-electron chi connectivity index (χ4n) is 4.95. The molecule has 2 aromatic rings. The van der Waals surface area contributed by atoms with Gasteiger partial charge >= 0.3 is 11.4 Å². The first-order valence-corrected chi connectivity index (χ1v) is 11.3. The third kappa shape index (κ3) is 3.04. The molecule has 0 saturated carbocycles. The number of rotatable bonds is 3. The first kappa shape index (κ1) is 21.4. The number of ether oxygens (including phenoxy) is 1. The summed E-state index contributed by atoms with van der Waals surface area (Å²) in [6.07, 6.45) is 3.23. The standard InChI is InChI=1S/C23H20BrN3O6/c1-3-33-18-8-11(4-5-16(18)28)19-12-6-7-26-22(31)25(2)23(32)27(26)15(12)9-13-20(19)17(29)10-14(24)21(13)30/h4-6,8,10,15,19,28H,3,7,9H2,1-2H3. The molecule has 0 spiro atoms. The van der Waals surface area contributed by atoms with Gasteiger partial charge in [-0.05, 0) is 46.1 Å². The number of nitrogens with zero attached hydrogens (tertiary/aromatic N) is 3. The van der Waals surface area contributed by atoms with E-state index < -0.39 is 23.3 Å². The molecule has 2 atom stereocenters. The number of allylic oxidation sites excluding steroid dienone is 6. The minimum atomic E-state index is -0.636. The van der Waals surface area contributed by atoms with Gasteiger partial charge in [0.15, 0.2) is 23.1 Å². The van der Waals surface area contributed by atoms with Crippen LogP contribution < -0.4 is 16.1 Å². The number of Topliss-reactive ketones (excluding diaryl/α,β-unsaturated/α-hetero) is 1. The molecule has 2 heterocycles. The molecule has 1 aromatic carbocycles. The second-order valence-corrected chi connectivity index (χ2v) is 9.00. The third-order valence-electron chi connectivity index (χ3n) is 6.41. The summed E-state index contributed by atoms with van der Waals surface area (Å²) in [4.78, 5) is 51.7. The monoisotopic (exact) mass is 513 g/mol. The van der Waals surface area contributed by atoms with Gasteiger partial charge in [0.1, 0.15) is 0 Å². The maximum absolute atomic E-state index is 13.1. The van der Waals surface area contributed by atoms with Crippen LogP contribution in [0.2, 0.25) is 0 Å². The zero-order valence-corrected chi connectivity index (χ0v) is 19.5. The molecule has 2 aliphatic carbocycles. The lowest BCUT2D eigenvalue weighted by atomic mass is 9.69. The van der Waals surface area contributed by atoms with Crippen molar-refractivity contribution >= 4 is 27.5 Å². The lowest BCUT2D eigenvalue weighted by Gasteiger charge is -2.39. The van der Waals surface area contributed by atoms with Gasteiger partial charge in [-0.1, -0.05) is 12.1 Å². The number of carbonyl (C=O) groups excluding carboxylic acids is 2. The van der Waals surface area contributed by atoms with E-state index in [1.54, 1.807) is 19.1 Å². The van der Waals surface area contributed by atoms with Crippen LogP contribution in [0.3, 0.4) is 0 Å². The highest BCUT2D eigenvalue weighted by atomic mass is 79.9. The number of benzene rings is 1. The van der Waals surface area contributed by atoms with Crippen molar-refractivity contribution in [3.63, 3.8) is 0 Å². The van der Waals surface area contributed by atoms with E-state index >= 15 is 0 Å². The van der Waals surface area contributed by atoms with Gasteiger partial charge in [-0.2, -0.15) is 0 Å². The Morgan fingerprint density at radius 1 is 1.18 bits per heavy atom. The second kappa shape index (κ2) is 7.58. The Kier molecular flexibility index (Phi) is 4.93. The summed E-state index contributed by atoms with van der Waals surface area (Å²) in [6, 6.07) is 4.21. The van der Waals surface area contributed by atoms with Crippen LogP contribution in [0.15, 0.2) is 61.1 Å². The summed E-state index contributed by atoms with van der Waals surface area (Å²) in [7, 11) is 1.41. The summed E-state index contributed by atoms with van der Waals surface area (Å²) in [5.41, 5.74) is 1.13. The number of phenols is 1. The SMILES string of the molecule is CCOc1cc(C2C3=CCn4c(=O)n(C)c(=O)n4C3CC3=C2C(=O)C=C(Br)C3=O)ccc1O. The molecule has 2 unspecified atom stereocenters. The van der Waals surface area contributed by atoms with Gasteiger partial charge in [0.05, 0.1) is 23.7 Å². The van der Waals surface area contributed by atoms with E-state index in [-0.39, 0.29) is 40.5 Å². The molecule has 10 heteroatoms. The molecular formula is C23H20BrN3O6. The lowest BCUT2D eigenvalue weighted by molar-refractivity contribution is -0.115. The minimum absolute atomic E-state index is 0.0402. The number of aromatic nitrogens is 3. The Labute approximate surface area is 196 Å². The molecule has 0 bridgehead atoms. The smallest absolute Gasteiger partial charge is 0.347 e. The van der Waals surface area contributed by atoms with Crippen molar-refractivity contribution in [2.24, 2.45) is 7.05 Å². The summed E-state index contributed by atoms with van der Waals surface area (Å²) in [6.45, 7) is 2.29. The molecule has 0 radical (unpaired) electrons. The quantitative estimate of drug-likeness (QED) is 0.495. The molecule has 3 aliphatic rings. The minimum Gasteiger partial charge on any atom is -0.504 e. The second-order valence-electron chi connectivity index (χ2n) is 8.15. The van der Waals surface area contributed by atoms with Crippen LogP contribution in [0.1, 0.15) is 30.9 Å². The molecule has 1 aromatic heterocycles. The number of carbonyl (C=O) groups is 2. The molecule has 5 rings (SSSR count). The molecular weight excluding hydrogens is 494 g/mol. The van der Waals surface area contributed by atoms with Gasteiger partial charge in [-0.15, -0.1) is 0 Å². The van der Waals surface area contributed by atoms with Crippen molar-refractivity contribution in [1.82, 2.24) is 13.9 Å². The van der Waals surface area contributed by atoms with Gasteiger partial charge in [0.25, 0.3) is 0 Å². The van der Waals surface area contributed by atoms with E-state index in [2.05, 4.69) is 15.9 Å². The van der Waals surface area contributed by atoms with E-state index in [0.717, 1.165) is 10.1 Å². The molecule has 1 N–H and O–H groups in total. The van der Waals surface area contributed by atoms with Crippen LogP contribution >= 0.6 is 15.9 Å². The van der Waals surface area contributed by atoms with Crippen LogP contribution in [0.25, 0.3) is 0 Å². The Morgan fingerprint density at radius 3 is 2.67 bits per heavy atom. The fourth-order valence-corrected chi connectivity index (χ4v) is 5.40. The summed E-state index contributed by atoms with van der Waals surface area (Å²) >= 11 is 3.18. The van der Waals surface area contributed by atoms with E-state index in [1.165, 1.54) is 28.6 Å². The number of phenolic OH excluding ortho intramolecular Hbond substituents is 1. The van der Waals surface area contributed by atoms with E-state index in [0.29, 0.717) is 23.3 Å². The largest absolute Gasteiger partial charge is 0.504 e. The molecule has 33 heavy (non-hydrogen) atoms. The van der Waals surface area contributed by atoms with Gasteiger partial charge in [0, 0.05) is 36.6 Å². The van der Waals surface area contributed by atoms with Crippen LogP contribution in [-0.2, 0) is 23.2 Å². The maximum Gasteiger partial charge on any atom is 0.347 e. The average Bonchev–Trinajstić information content (AvgIpc) is 3.02. The van der Waals surface area contributed by atoms with Gasteiger partial charge in [0.2, 0.25) is 0 Å². The van der Waals surface area contributed by atoms with Crippen molar-refractivity contribution in [3.05, 3.63) is 78.1 Å². The first-order valence-electron chi connectivity index (χ1n) is 10.5. The number of hydrogen-bond donors (Lipinski definition) is 1. The van der Waals surface area contributed by atoms with Gasteiger partial charge in [-0.25, -0.2) is 23.5 Å². The molecule has 1 aliphatic heterocycles. The highest BCUT2D eigenvalue weighted by Gasteiger charge is 2.45. The van der Waals surface area contributed by atoms with E-state index in [1.807, 2.05) is 6.08 Å². The zero-order chi connectivity index (χ0) is 23.6. The van der Waals surface area contributed by atoms with Crippen molar-refractivity contribution in [2.75, 3.05) is 6.61 Å². The van der Waals surface area contributed by atoms with Crippen LogP contribution in [0.4, 0.5) is 0 Å². The van der Waals surface area contributed by atoms with Crippen molar-refractivity contribution in [2.45, 2.75) is 31.8 Å². The highest BCUT2D eigenvalue weighted by Crippen LogP contribution is 2.50. The Hall–Kier alpha value is -3.40. The first-order chi connectivity index (χ1) is 15.7. The summed E-state index contributed by atoms with van der Waals surface area (Å²) < 4.78 is 9.46. The number of hydrogen-bond acceptors (Lipinski definition) is 6. The van der Waals surface area contributed by atoms with Crippen LogP contribution in [0.5, 0.6) is 11.5 Å². The topological polar surface area (TPSA) is 113 Å². The van der Waals surface area contributed by atoms with Crippen molar-refractivity contribution < 1.29 is 19.4 Å². The third-order valence-corrected chi connectivity index (χ3v) is 7.00. The van der Waals surface area contributed by atoms with Gasteiger partial charge in [-0.3, -0.25) is 9.59 Å². The normalized spacial score (nSPS) is 21.8. The summed E-state index contributed by atoms with van der Waals surface area (Å²) in [5, 5.41) is 10.2. The highest BCUT2D eigenvalue weighted by molar-refractivity contribution is 9.12.